The van der Waals surface area contributed by atoms with E-state index in [2.05, 4.69) is 25.8 Å². The second-order valence-electron chi connectivity index (χ2n) is 3.68. The van der Waals surface area contributed by atoms with Crippen LogP contribution in [0.3, 0.4) is 0 Å². The lowest BCUT2D eigenvalue weighted by molar-refractivity contribution is -0.133. The summed E-state index contributed by atoms with van der Waals surface area (Å²) in [6.07, 6.45) is 0. The molecular formula is C11H12N6O3. The summed E-state index contributed by atoms with van der Waals surface area (Å²) in [5.74, 6) is -1.25. The summed E-state index contributed by atoms with van der Waals surface area (Å²) in [6.45, 7) is 0. The van der Waals surface area contributed by atoms with Gasteiger partial charge in [0.15, 0.2) is 0 Å². The van der Waals surface area contributed by atoms with Crippen molar-refractivity contribution in [1.29, 1.82) is 0 Å². The molecule has 0 aliphatic heterocycles. The van der Waals surface area contributed by atoms with Crippen LogP contribution in [-0.2, 0) is 9.59 Å². The Balaban J connectivity index is 1.98. The van der Waals surface area contributed by atoms with E-state index < -0.39 is 11.8 Å². The number of hydrogen-bond donors (Lipinski definition) is 4. The highest BCUT2D eigenvalue weighted by Crippen LogP contribution is 2.16. The van der Waals surface area contributed by atoms with Crippen LogP contribution in [-0.4, -0.2) is 34.1 Å². The number of methoxy groups -OCH3 is 1. The Morgan fingerprint density at radius 2 is 2.05 bits per heavy atom. The molecule has 2 rings (SSSR count). The highest BCUT2D eigenvalue weighted by Gasteiger charge is 2.16. The predicted octanol–water partition coefficient (Wildman–Crippen LogP) is -0.0273. The summed E-state index contributed by atoms with van der Waals surface area (Å²) in [7, 11) is 1.50. The molecule has 0 unspecified atom stereocenters. The minimum Gasteiger partial charge on any atom is -0.497 e. The van der Waals surface area contributed by atoms with Crippen LogP contribution in [0, 0.1) is 0 Å². The molecule has 0 fully saturated rings. The smallest absolute Gasteiger partial charge is 0.316 e. The van der Waals surface area contributed by atoms with E-state index in [9.17, 15) is 9.59 Å². The van der Waals surface area contributed by atoms with E-state index in [0.29, 0.717) is 11.4 Å². The van der Waals surface area contributed by atoms with Crippen LogP contribution in [0.15, 0.2) is 24.3 Å². The van der Waals surface area contributed by atoms with Crippen LogP contribution >= 0.6 is 0 Å². The van der Waals surface area contributed by atoms with Gasteiger partial charge in [-0.25, -0.2) is 5.10 Å². The van der Waals surface area contributed by atoms with E-state index in [1.165, 1.54) is 7.11 Å². The third-order valence-electron chi connectivity index (χ3n) is 2.26. The van der Waals surface area contributed by atoms with E-state index in [1.807, 2.05) is 0 Å². The fraction of sp³-hybridized carbons (Fsp3) is 0.0909. The first kappa shape index (κ1) is 13.3. The maximum Gasteiger partial charge on any atom is 0.316 e. The molecular weight excluding hydrogens is 264 g/mol. The fourth-order valence-electron chi connectivity index (χ4n) is 1.38. The largest absolute Gasteiger partial charge is 0.497 e. The minimum atomic E-state index is -0.910. The lowest BCUT2D eigenvalue weighted by Gasteiger charge is -2.06. The van der Waals surface area contributed by atoms with E-state index in [-0.39, 0.29) is 11.9 Å². The third kappa shape index (κ3) is 3.22. The number of nitrogen functional groups attached to an aromatic ring is 1. The second-order valence-corrected chi connectivity index (χ2v) is 3.68. The van der Waals surface area contributed by atoms with Crippen LogP contribution in [0.4, 0.5) is 17.6 Å². The van der Waals surface area contributed by atoms with Crippen LogP contribution in [0.25, 0.3) is 0 Å². The highest BCUT2D eigenvalue weighted by molar-refractivity contribution is 6.43. The Hall–Kier alpha value is -3.10. The molecule has 104 valence electrons. The van der Waals surface area contributed by atoms with Gasteiger partial charge in [0.2, 0.25) is 5.95 Å². The summed E-state index contributed by atoms with van der Waals surface area (Å²) in [4.78, 5) is 26.9. The van der Waals surface area contributed by atoms with Gasteiger partial charge < -0.3 is 15.8 Å². The van der Waals surface area contributed by atoms with Gasteiger partial charge in [-0.05, 0) is 12.1 Å². The average molecular weight is 276 g/mol. The first-order valence-corrected chi connectivity index (χ1v) is 5.53. The molecule has 2 amide bonds. The number of nitrogens with one attached hydrogen (secondary N) is 3. The van der Waals surface area contributed by atoms with Crippen LogP contribution in [0.5, 0.6) is 5.75 Å². The molecule has 1 aromatic heterocycles. The number of carbonyl (C=O) groups excluding carboxylic acids is 2. The Labute approximate surface area is 113 Å². The summed E-state index contributed by atoms with van der Waals surface area (Å²) in [5.41, 5.74) is 5.72. The second kappa shape index (κ2) is 5.69. The van der Waals surface area contributed by atoms with Gasteiger partial charge in [-0.3, -0.25) is 14.9 Å². The van der Waals surface area contributed by atoms with Gasteiger partial charge in [0.25, 0.3) is 5.95 Å². The topological polar surface area (TPSA) is 135 Å². The molecule has 1 heterocycles. The number of aromatic amines is 1. The summed E-state index contributed by atoms with van der Waals surface area (Å²) < 4.78 is 5.01. The number of hydrogen-bond acceptors (Lipinski definition) is 6. The van der Waals surface area contributed by atoms with Crippen LogP contribution in [0.2, 0.25) is 0 Å². The predicted molar refractivity (Wildman–Crippen MR) is 71.0 cm³/mol. The van der Waals surface area contributed by atoms with E-state index >= 15 is 0 Å². The minimum absolute atomic E-state index is 0.0357. The van der Waals surface area contributed by atoms with Gasteiger partial charge >= 0.3 is 11.8 Å². The Kier molecular flexibility index (Phi) is 3.80. The standard InChI is InChI=1S/C11H12N6O3/c1-20-7-4-2-3-6(5-7)13-8(18)9(19)14-11-15-10(12)16-17-11/h2-5H,1H3,(H,13,18)(H4,12,14,15,16,17,19). The fourth-order valence-corrected chi connectivity index (χ4v) is 1.38. The number of rotatable bonds is 3. The van der Waals surface area contributed by atoms with E-state index in [0.717, 1.165) is 0 Å². The zero-order valence-electron chi connectivity index (χ0n) is 10.5. The van der Waals surface area contributed by atoms with Crippen molar-refractivity contribution in [3.8, 4) is 5.75 Å². The summed E-state index contributed by atoms with van der Waals surface area (Å²) >= 11 is 0. The lowest BCUT2D eigenvalue weighted by Crippen LogP contribution is -2.29. The number of amides is 2. The number of ether oxygens (including phenoxy) is 1. The van der Waals surface area contributed by atoms with Crippen molar-refractivity contribution >= 4 is 29.4 Å². The number of anilines is 3. The highest BCUT2D eigenvalue weighted by atomic mass is 16.5. The maximum absolute atomic E-state index is 11.7. The van der Waals surface area contributed by atoms with Crippen molar-refractivity contribution in [3.05, 3.63) is 24.3 Å². The van der Waals surface area contributed by atoms with Crippen molar-refractivity contribution in [2.45, 2.75) is 0 Å². The molecule has 9 nitrogen and oxygen atoms in total. The van der Waals surface area contributed by atoms with Crippen LogP contribution < -0.4 is 21.1 Å². The zero-order valence-corrected chi connectivity index (χ0v) is 10.5. The third-order valence-corrected chi connectivity index (χ3v) is 2.26. The van der Waals surface area contributed by atoms with Gasteiger partial charge in [-0.15, -0.1) is 5.10 Å². The molecule has 2 aromatic rings. The molecule has 1 aromatic carbocycles. The Morgan fingerprint density at radius 1 is 1.30 bits per heavy atom. The van der Waals surface area contributed by atoms with Crippen molar-refractivity contribution in [2.24, 2.45) is 0 Å². The number of carbonyl (C=O) groups is 2. The number of nitrogens with zero attached hydrogens (tertiary/aromatic N) is 2. The van der Waals surface area contributed by atoms with E-state index in [1.54, 1.807) is 24.3 Å². The molecule has 0 aliphatic rings. The Morgan fingerprint density at radius 3 is 2.70 bits per heavy atom. The number of H-pyrrole nitrogens is 1. The van der Waals surface area contributed by atoms with Crippen molar-refractivity contribution in [2.75, 3.05) is 23.5 Å². The van der Waals surface area contributed by atoms with Crippen molar-refractivity contribution < 1.29 is 14.3 Å². The molecule has 0 radical (unpaired) electrons. The van der Waals surface area contributed by atoms with Gasteiger partial charge in [-0.2, -0.15) is 4.98 Å². The van der Waals surface area contributed by atoms with Gasteiger partial charge in [0.1, 0.15) is 5.75 Å². The molecule has 0 saturated carbocycles. The SMILES string of the molecule is COc1cccc(NC(=O)C(=O)Nc2n[nH]c(N)n2)c1. The number of benzene rings is 1. The van der Waals surface area contributed by atoms with Gasteiger partial charge in [0, 0.05) is 11.8 Å². The molecule has 5 N–H and O–H groups in total. The number of nitrogens with two attached hydrogens (primary N) is 1. The molecule has 0 bridgehead atoms. The number of aromatic nitrogens is 3. The first-order chi connectivity index (χ1) is 9.58. The maximum atomic E-state index is 11.7. The van der Waals surface area contributed by atoms with Crippen LogP contribution in [0.1, 0.15) is 0 Å². The molecule has 9 heteroatoms. The molecule has 0 spiro atoms. The zero-order chi connectivity index (χ0) is 14.5. The average Bonchev–Trinajstić information content (AvgIpc) is 2.84. The molecule has 0 atom stereocenters. The Bertz CT molecular complexity index is 639. The quantitative estimate of drug-likeness (QED) is 0.581. The summed E-state index contributed by atoms with van der Waals surface area (Å²) in [6, 6.07) is 6.60. The first-order valence-electron chi connectivity index (χ1n) is 5.53. The molecule has 0 aliphatic carbocycles. The van der Waals surface area contributed by atoms with E-state index in [4.69, 9.17) is 10.5 Å². The van der Waals surface area contributed by atoms with Crippen molar-refractivity contribution in [1.82, 2.24) is 15.2 Å². The lowest BCUT2D eigenvalue weighted by atomic mass is 10.3. The molecule has 20 heavy (non-hydrogen) atoms. The van der Waals surface area contributed by atoms with Gasteiger partial charge in [-0.1, -0.05) is 6.07 Å². The van der Waals surface area contributed by atoms with Crippen molar-refractivity contribution in [3.63, 3.8) is 0 Å². The monoisotopic (exact) mass is 276 g/mol. The summed E-state index contributed by atoms with van der Waals surface area (Å²) in [5, 5.41) is 10.5. The molecule has 0 saturated heterocycles. The normalized spacial score (nSPS) is 9.85. The van der Waals surface area contributed by atoms with Gasteiger partial charge in [0.05, 0.1) is 7.11 Å².